The lowest BCUT2D eigenvalue weighted by atomic mass is 9.81. The Morgan fingerprint density at radius 3 is 2.50 bits per heavy atom. The largest absolute Gasteiger partial charge is 0.507 e. The Bertz CT molecular complexity index is 391. The molecule has 0 aliphatic heterocycles. The van der Waals surface area contributed by atoms with Crippen LogP contribution in [0.1, 0.15) is 31.0 Å². The second-order valence-corrected chi connectivity index (χ2v) is 5.22. The molecule has 0 amide bonds. The molecule has 4 N–H and O–H groups in total. The van der Waals surface area contributed by atoms with Gasteiger partial charge in [0.15, 0.2) is 0 Å². The van der Waals surface area contributed by atoms with Crippen LogP contribution in [0.15, 0.2) is 12.1 Å². The van der Waals surface area contributed by atoms with Gasteiger partial charge in [-0.2, -0.15) is 0 Å². The van der Waals surface area contributed by atoms with Gasteiger partial charge < -0.3 is 15.9 Å². The Balaban J connectivity index is 3.23. The standard InChI is InChI=1S/C12H18ClNO2/c1-7-4-8(13)5-9(10(7)16)11(14)12(2,3)6-15/h4-5,11,15-16H,6,14H2,1-3H3/t11-/m0/s1. The molecule has 1 aromatic rings. The van der Waals surface area contributed by atoms with Crippen molar-refractivity contribution in [1.29, 1.82) is 0 Å². The molecule has 0 fully saturated rings. The van der Waals surface area contributed by atoms with E-state index in [0.29, 0.717) is 16.1 Å². The number of rotatable bonds is 3. The molecule has 0 spiro atoms. The summed E-state index contributed by atoms with van der Waals surface area (Å²) in [5.74, 6) is 0.151. The lowest BCUT2D eigenvalue weighted by Crippen LogP contribution is -2.32. The smallest absolute Gasteiger partial charge is 0.123 e. The molecule has 1 aromatic carbocycles. The van der Waals surface area contributed by atoms with Crippen LogP contribution in [0, 0.1) is 12.3 Å². The fraction of sp³-hybridized carbons (Fsp3) is 0.500. The summed E-state index contributed by atoms with van der Waals surface area (Å²) in [6.45, 7) is 5.39. The third kappa shape index (κ3) is 2.48. The van der Waals surface area contributed by atoms with Gasteiger partial charge in [0, 0.05) is 28.6 Å². The van der Waals surface area contributed by atoms with E-state index in [1.54, 1.807) is 19.1 Å². The first kappa shape index (κ1) is 13.3. The van der Waals surface area contributed by atoms with Crippen molar-refractivity contribution in [2.45, 2.75) is 26.8 Å². The molecule has 0 radical (unpaired) electrons. The van der Waals surface area contributed by atoms with Gasteiger partial charge in [0.2, 0.25) is 0 Å². The van der Waals surface area contributed by atoms with Crippen LogP contribution in [0.5, 0.6) is 5.75 Å². The van der Waals surface area contributed by atoms with Gasteiger partial charge in [0.25, 0.3) is 0 Å². The van der Waals surface area contributed by atoms with Gasteiger partial charge in [-0.05, 0) is 24.6 Å². The van der Waals surface area contributed by atoms with E-state index in [4.69, 9.17) is 17.3 Å². The van der Waals surface area contributed by atoms with Crippen molar-refractivity contribution >= 4 is 11.6 Å². The van der Waals surface area contributed by atoms with Crippen molar-refractivity contribution in [3.8, 4) is 5.75 Å². The third-order valence-corrected chi connectivity index (χ3v) is 3.10. The van der Waals surface area contributed by atoms with E-state index in [9.17, 15) is 10.2 Å². The summed E-state index contributed by atoms with van der Waals surface area (Å²) in [4.78, 5) is 0. The fourth-order valence-corrected chi connectivity index (χ4v) is 1.80. The molecule has 16 heavy (non-hydrogen) atoms. The molecule has 1 rings (SSSR count). The molecular formula is C12H18ClNO2. The van der Waals surface area contributed by atoms with Crippen molar-refractivity contribution in [2.75, 3.05) is 6.61 Å². The SMILES string of the molecule is Cc1cc(Cl)cc([C@H](N)C(C)(C)CO)c1O. The van der Waals surface area contributed by atoms with Crippen LogP contribution in [0.3, 0.4) is 0 Å². The monoisotopic (exact) mass is 243 g/mol. The highest BCUT2D eigenvalue weighted by atomic mass is 35.5. The van der Waals surface area contributed by atoms with Crippen LogP contribution in [0.2, 0.25) is 5.02 Å². The van der Waals surface area contributed by atoms with Gasteiger partial charge in [-0.1, -0.05) is 25.4 Å². The topological polar surface area (TPSA) is 66.5 Å². The Kier molecular flexibility index (Phi) is 3.84. The maximum absolute atomic E-state index is 9.93. The summed E-state index contributed by atoms with van der Waals surface area (Å²) >= 11 is 5.93. The van der Waals surface area contributed by atoms with Gasteiger partial charge in [0.05, 0.1) is 0 Å². The quantitative estimate of drug-likeness (QED) is 0.764. The van der Waals surface area contributed by atoms with Crippen molar-refractivity contribution in [3.63, 3.8) is 0 Å². The van der Waals surface area contributed by atoms with Crippen LogP contribution in [-0.2, 0) is 0 Å². The lowest BCUT2D eigenvalue weighted by molar-refractivity contribution is 0.131. The van der Waals surface area contributed by atoms with Crippen LogP contribution in [0.25, 0.3) is 0 Å². The average Bonchev–Trinajstić information content (AvgIpc) is 2.22. The summed E-state index contributed by atoms with van der Waals surface area (Å²) in [6.07, 6.45) is 0. The Labute approximate surface area is 101 Å². The van der Waals surface area contributed by atoms with Crippen LogP contribution < -0.4 is 5.73 Å². The maximum Gasteiger partial charge on any atom is 0.123 e. The molecule has 0 aliphatic carbocycles. The molecule has 4 heteroatoms. The first-order valence-corrected chi connectivity index (χ1v) is 5.53. The summed E-state index contributed by atoms with van der Waals surface area (Å²) in [5.41, 5.74) is 6.80. The zero-order valence-electron chi connectivity index (χ0n) is 9.79. The maximum atomic E-state index is 9.93. The Morgan fingerprint density at radius 2 is 2.00 bits per heavy atom. The second kappa shape index (κ2) is 4.62. The summed E-state index contributed by atoms with van der Waals surface area (Å²) < 4.78 is 0. The molecule has 0 aromatic heterocycles. The van der Waals surface area contributed by atoms with Crippen LogP contribution in [-0.4, -0.2) is 16.8 Å². The summed E-state index contributed by atoms with van der Waals surface area (Å²) in [5, 5.41) is 19.7. The van der Waals surface area contributed by atoms with E-state index in [-0.39, 0.29) is 12.4 Å². The predicted octanol–water partition coefficient (Wildman–Crippen LogP) is 2.37. The number of phenols is 1. The van der Waals surface area contributed by atoms with Crippen molar-refractivity contribution in [2.24, 2.45) is 11.1 Å². The van der Waals surface area contributed by atoms with E-state index in [1.165, 1.54) is 0 Å². The first-order valence-electron chi connectivity index (χ1n) is 5.15. The van der Waals surface area contributed by atoms with Gasteiger partial charge in [-0.15, -0.1) is 0 Å². The number of aryl methyl sites for hydroxylation is 1. The van der Waals surface area contributed by atoms with E-state index in [1.807, 2.05) is 13.8 Å². The Hall–Kier alpha value is -0.770. The number of nitrogens with two attached hydrogens (primary N) is 1. The zero-order chi connectivity index (χ0) is 12.5. The van der Waals surface area contributed by atoms with Crippen molar-refractivity contribution in [3.05, 3.63) is 28.3 Å². The normalized spacial score (nSPS) is 13.9. The van der Waals surface area contributed by atoms with Crippen molar-refractivity contribution < 1.29 is 10.2 Å². The van der Waals surface area contributed by atoms with Gasteiger partial charge >= 0.3 is 0 Å². The van der Waals surface area contributed by atoms with E-state index >= 15 is 0 Å². The number of hydrogen-bond acceptors (Lipinski definition) is 3. The molecule has 0 saturated carbocycles. The van der Waals surface area contributed by atoms with Crippen LogP contribution >= 0.6 is 11.6 Å². The number of aliphatic hydroxyl groups excluding tert-OH is 1. The van der Waals surface area contributed by atoms with Gasteiger partial charge in [-0.25, -0.2) is 0 Å². The first-order chi connectivity index (χ1) is 7.29. The van der Waals surface area contributed by atoms with Crippen molar-refractivity contribution in [1.82, 2.24) is 0 Å². The van der Waals surface area contributed by atoms with Gasteiger partial charge in [0.1, 0.15) is 5.75 Å². The summed E-state index contributed by atoms with van der Waals surface area (Å²) in [6, 6.07) is 2.86. The molecule has 0 aliphatic rings. The number of aromatic hydroxyl groups is 1. The Morgan fingerprint density at radius 1 is 1.44 bits per heavy atom. The minimum atomic E-state index is -0.505. The highest BCUT2D eigenvalue weighted by molar-refractivity contribution is 6.30. The highest BCUT2D eigenvalue weighted by Crippen LogP contribution is 2.38. The van der Waals surface area contributed by atoms with E-state index in [2.05, 4.69) is 0 Å². The highest BCUT2D eigenvalue weighted by Gasteiger charge is 2.29. The minimum Gasteiger partial charge on any atom is -0.507 e. The lowest BCUT2D eigenvalue weighted by Gasteiger charge is -2.30. The molecule has 0 heterocycles. The number of halogens is 1. The summed E-state index contributed by atoms with van der Waals surface area (Å²) in [7, 11) is 0. The third-order valence-electron chi connectivity index (χ3n) is 2.88. The number of phenolic OH excluding ortho intramolecular Hbond substituents is 1. The molecule has 90 valence electrons. The fourth-order valence-electron chi connectivity index (χ4n) is 1.52. The zero-order valence-corrected chi connectivity index (χ0v) is 10.5. The van der Waals surface area contributed by atoms with Crippen LogP contribution in [0.4, 0.5) is 0 Å². The molecule has 1 atom stereocenters. The number of aliphatic hydroxyl groups is 1. The average molecular weight is 244 g/mol. The number of benzene rings is 1. The molecule has 0 bridgehead atoms. The molecule has 3 nitrogen and oxygen atoms in total. The van der Waals surface area contributed by atoms with E-state index in [0.717, 1.165) is 0 Å². The van der Waals surface area contributed by atoms with E-state index < -0.39 is 11.5 Å². The second-order valence-electron chi connectivity index (χ2n) is 4.78. The molecular weight excluding hydrogens is 226 g/mol. The molecule has 0 unspecified atom stereocenters. The number of hydrogen-bond donors (Lipinski definition) is 3. The minimum absolute atomic E-state index is 0.0564. The van der Waals surface area contributed by atoms with Gasteiger partial charge in [-0.3, -0.25) is 0 Å². The molecule has 0 saturated heterocycles. The predicted molar refractivity (Wildman–Crippen MR) is 65.6 cm³/mol.